The van der Waals surface area contributed by atoms with E-state index in [0.29, 0.717) is 0 Å². The van der Waals surface area contributed by atoms with Gasteiger partial charge in [-0.05, 0) is 18.6 Å². The van der Waals surface area contributed by atoms with Crippen LogP contribution in [0.15, 0.2) is 18.3 Å². The van der Waals surface area contributed by atoms with E-state index in [4.69, 9.17) is 4.74 Å². The van der Waals surface area contributed by atoms with Crippen molar-refractivity contribution in [1.29, 1.82) is 0 Å². The molecule has 0 spiro atoms. The van der Waals surface area contributed by atoms with E-state index in [2.05, 4.69) is 20.6 Å². The minimum absolute atomic E-state index is 0.176. The van der Waals surface area contributed by atoms with Crippen molar-refractivity contribution in [2.24, 2.45) is 0 Å². The third-order valence-electron chi connectivity index (χ3n) is 2.94. The van der Waals surface area contributed by atoms with Gasteiger partial charge in [0.2, 0.25) is 0 Å². The van der Waals surface area contributed by atoms with Crippen LogP contribution in [0.2, 0.25) is 0 Å². The van der Waals surface area contributed by atoms with Gasteiger partial charge in [0, 0.05) is 19.9 Å². The molecule has 2 aromatic heterocycles. The Labute approximate surface area is 92.6 Å². The highest BCUT2D eigenvalue weighted by atomic mass is 16.5. The molecule has 0 aliphatic carbocycles. The molecular weight excluding hydrogens is 206 g/mol. The van der Waals surface area contributed by atoms with Gasteiger partial charge in [-0.2, -0.15) is 9.61 Å². The third-order valence-corrected chi connectivity index (χ3v) is 2.94. The number of methoxy groups -OCH3 is 1. The maximum absolute atomic E-state index is 5.31. The van der Waals surface area contributed by atoms with Gasteiger partial charge in [-0.1, -0.05) is 0 Å². The highest BCUT2D eigenvalue weighted by molar-refractivity contribution is 5.35. The van der Waals surface area contributed by atoms with Crippen molar-refractivity contribution in [1.82, 2.24) is 25.1 Å². The maximum Gasteiger partial charge on any atom is 0.177 e. The lowest BCUT2D eigenvalue weighted by atomic mass is 10.2. The zero-order valence-electron chi connectivity index (χ0n) is 9.00. The normalized spacial score (nSPS) is 25.3. The van der Waals surface area contributed by atoms with Gasteiger partial charge < -0.3 is 10.1 Å². The summed E-state index contributed by atoms with van der Waals surface area (Å²) in [6.45, 7) is 0.850. The number of fused-ring (bicyclic) bond motifs is 1. The standard InChI is InChI=1S/C10H13N5O/c1-16-7-5-8(11-6-7)10-14-13-9-3-2-4-12-15(9)10/h2-4,7-8,11H,5-6H2,1H3. The highest BCUT2D eigenvalue weighted by Gasteiger charge is 2.28. The lowest BCUT2D eigenvalue weighted by Crippen LogP contribution is -2.18. The lowest BCUT2D eigenvalue weighted by molar-refractivity contribution is 0.117. The molecule has 3 heterocycles. The number of rotatable bonds is 2. The zero-order valence-corrected chi connectivity index (χ0v) is 9.00. The van der Waals surface area contributed by atoms with Gasteiger partial charge in [-0.3, -0.25) is 0 Å². The number of hydrogen-bond donors (Lipinski definition) is 1. The predicted molar refractivity (Wildman–Crippen MR) is 56.9 cm³/mol. The summed E-state index contributed by atoms with van der Waals surface area (Å²) < 4.78 is 7.08. The Balaban J connectivity index is 1.95. The van der Waals surface area contributed by atoms with E-state index in [1.165, 1.54) is 0 Å². The first kappa shape index (κ1) is 9.68. The van der Waals surface area contributed by atoms with Crippen LogP contribution in [0.4, 0.5) is 0 Å². The maximum atomic E-state index is 5.31. The van der Waals surface area contributed by atoms with Gasteiger partial charge in [0.1, 0.15) is 0 Å². The SMILES string of the molecule is COC1CNC(c2nnc3cccnn23)C1. The van der Waals surface area contributed by atoms with Crippen LogP contribution in [-0.2, 0) is 4.74 Å². The summed E-state index contributed by atoms with van der Waals surface area (Å²) >= 11 is 0. The molecule has 0 bridgehead atoms. The first-order valence-corrected chi connectivity index (χ1v) is 5.31. The summed E-state index contributed by atoms with van der Waals surface area (Å²) in [5.41, 5.74) is 0.778. The Bertz CT molecular complexity index is 497. The second-order valence-corrected chi connectivity index (χ2v) is 3.91. The monoisotopic (exact) mass is 219 g/mol. The molecule has 1 fully saturated rings. The van der Waals surface area contributed by atoms with Gasteiger partial charge in [-0.15, -0.1) is 10.2 Å². The van der Waals surface area contributed by atoms with Crippen LogP contribution in [0.1, 0.15) is 18.3 Å². The molecular formula is C10H13N5O. The minimum atomic E-state index is 0.176. The second-order valence-electron chi connectivity index (χ2n) is 3.91. The average Bonchev–Trinajstić information content (AvgIpc) is 2.94. The number of nitrogens with one attached hydrogen (secondary N) is 1. The van der Waals surface area contributed by atoms with Crippen molar-refractivity contribution in [3.63, 3.8) is 0 Å². The second kappa shape index (κ2) is 3.80. The average molecular weight is 219 g/mol. The van der Waals surface area contributed by atoms with E-state index in [-0.39, 0.29) is 12.1 Å². The lowest BCUT2D eigenvalue weighted by Gasteiger charge is -2.07. The van der Waals surface area contributed by atoms with Crippen molar-refractivity contribution in [3.8, 4) is 0 Å². The van der Waals surface area contributed by atoms with Crippen molar-refractivity contribution >= 4 is 5.65 Å². The molecule has 16 heavy (non-hydrogen) atoms. The number of aromatic nitrogens is 4. The molecule has 2 aromatic rings. The summed E-state index contributed by atoms with van der Waals surface area (Å²) in [7, 11) is 1.73. The van der Waals surface area contributed by atoms with Gasteiger partial charge in [0.25, 0.3) is 0 Å². The van der Waals surface area contributed by atoms with Crippen LogP contribution < -0.4 is 5.32 Å². The molecule has 0 amide bonds. The van der Waals surface area contributed by atoms with Crippen molar-refractivity contribution < 1.29 is 4.74 Å². The Morgan fingerprint density at radius 3 is 3.25 bits per heavy atom. The molecule has 0 saturated carbocycles. The molecule has 6 nitrogen and oxygen atoms in total. The Kier molecular flexibility index (Phi) is 2.30. The third kappa shape index (κ3) is 1.46. The van der Waals surface area contributed by atoms with Crippen molar-refractivity contribution in [2.75, 3.05) is 13.7 Å². The van der Waals surface area contributed by atoms with Gasteiger partial charge in [0.05, 0.1) is 12.1 Å². The first-order valence-electron chi connectivity index (χ1n) is 5.31. The summed E-state index contributed by atoms with van der Waals surface area (Å²) in [5.74, 6) is 0.857. The number of nitrogens with zero attached hydrogens (tertiary/aromatic N) is 4. The molecule has 84 valence electrons. The Hall–Kier alpha value is -1.53. The Morgan fingerprint density at radius 2 is 2.44 bits per heavy atom. The van der Waals surface area contributed by atoms with Crippen LogP contribution >= 0.6 is 0 Å². The summed E-state index contributed by atoms with van der Waals surface area (Å²) in [6.07, 6.45) is 2.90. The fourth-order valence-corrected chi connectivity index (χ4v) is 2.06. The summed E-state index contributed by atoms with van der Waals surface area (Å²) in [4.78, 5) is 0. The van der Waals surface area contributed by atoms with Crippen LogP contribution in [-0.4, -0.2) is 39.6 Å². The minimum Gasteiger partial charge on any atom is -0.380 e. The smallest absolute Gasteiger partial charge is 0.177 e. The largest absolute Gasteiger partial charge is 0.380 e. The molecule has 2 atom stereocenters. The molecule has 1 N–H and O–H groups in total. The van der Waals surface area contributed by atoms with Crippen LogP contribution in [0.25, 0.3) is 5.65 Å². The van der Waals surface area contributed by atoms with Crippen molar-refractivity contribution in [3.05, 3.63) is 24.2 Å². The molecule has 1 saturated heterocycles. The van der Waals surface area contributed by atoms with Crippen molar-refractivity contribution in [2.45, 2.75) is 18.6 Å². The van der Waals surface area contributed by atoms with E-state index in [9.17, 15) is 0 Å². The van der Waals surface area contributed by atoms with Crippen LogP contribution in [0.5, 0.6) is 0 Å². The molecule has 0 radical (unpaired) electrons. The molecule has 0 aromatic carbocycles. The van der Waals surface area contributed by atoms with Gasteiger partial charge >= 0.3 is 0 Å². The van der Waals surface area contributed by atoms with Gasteiger partial charge in [0.15, 0.2) is 11.5 Å². The summed E-state index contributed by atoms with van der Waals surface area (Å²) in [6, 6.07) is 3.93. The number of hydrogen-bond acceptors (Lipinski definition) is 5. The van der Waals surface area contributed by atoms with Gasteiger partial charge in [-0.25, -0.2) is 0 Å². The van der Waals surface area contributed by atoms with E-state index in [1.807, 2.05) is 12.1 Å². The molecule has 1 aliphatic heterocycles. The van der Waals surface area contributed by atoms with Crippen LogP contribution in [0.3, 0.4) is 0 Å². The first-order chi connectivity index (χ1) is 7.88. The summed E-state index contributed by atoms with van der Waals surface area (Å²) in [5, 5.41) is 15.9. The van der Waals surface area contributed by atoms with Crippen LogP contribution in [0, 0.1) is 0 Å². The molecule has 1 aliphatic rings. The number of ether oxygens (including phenoxy) is 1. The van der Waals surface area contributed by atoms with E-state index in [0.717, 1.165) is 24.4 Å². The fourth-order valence-electron chi connectivity index (χ4n) is 2.06. The fraction of sp³-hybridized carbons (Fsp3) is 0.500. The highest BCUT2D eigenvalue weighted by Crippen LogP contribution is 2.22. The Morgan fingerprint density at radius 1 is 1.50 bits per heavy atom. The molecule has 6 heteroatoms. The zero-order chi connectivity index (χ0) is 11.0. The van der Waals surface area contributed by atoms with E-state index in [1.54, 1.807) is 17.8 Å². The quantitative estimate of drug-likeness (QED) is 0.780. The topological polar surface area (TPSA) is 64.3 Å². The van der Waals surface area contributed by atoms with E-state index >= 15 is 0 Å². The predicted octanol–water partition coefficient (Wildman–Crippen LogP) is 0.174. The molecule has 3 rings (SSSR count). The molecule has 2 unspecified atom stereocenters. The van der Waals surface area contributed by atoms with E-state index < -0.39 is 0 Å².